The molecule has 0 saturated heterocycles. The third-order valence-corrected chi connectivity index (χ3v) is 6.01. The van der Waals surface area contributed by atoms with Gasteiger partial charge < -0.3 is 4.74 Å². The van der Waals surface area contributed by atoms with Crippen LogP contribution in [-0.2, 0) is 17.8 Å². The van der Waals surface area contributed by atoms with Gasteiger partial charge in [-0.2, -0.15) is 0 Å². The second kappa shape index (κ2) is 5.72. The highest BCUT2D eigenvalue weighted by Gasteiger charge is 2.31. The molecule has 124 valence electrons. The molecule has 0 radical (unpaired) electrons. The Morgan fingerprint density at radius 2 is 2.04 bits per heavy atom. The SMILES string of the molecule is CSc1nc2sc3c(c2c(=O)n1-c1ccccc1)CC(C)(C)OC3. The minimum absolute atomic E-state index is 0.0192. The van der Waals surface area contributed by atoms with Gasteiger partial charge in [0.2, 0.25) is 0 Å². The zero-order valence-electron chi connectivity index (χ0n) is 13.8. The van der Waals surface area contributed by atoms with E-state index in [0.29, 0.717) is 6.61 Å². The van der Waals surface area contributed by atoms with Crippen LogP contribution in [-0.4, -0.2) is 21.4 Å². The molecular weight excluding hydrogens is 340 g/mol. The van der Waals surface area contributed by atoms with E-state index < -0.39 is 0 Å². The topological polar surface area (TPSA) is 44.1 Å². The van der Waals surface area contributed by atoms with E-state index >= 15 is 0 Å². The maximum absolute atomic E-state index is 13.3. The fourth-order valence-corrected chi connectivity index (χ4v) is 4.82. The van der Waals surface area contributed by atoms with E-state index in [1.54, 1.807) is 15.9 Å². The number of ether oxygens (including phenoxy) is 1. The van der Waals surface area contributed by atoms with Crippen LogP contribution in [0.4, 0.5) is 0 Å². The van der Waals surface area contributed by atoms with Gasteiger partial charge in [0.1, 0.15) is 4.83 Å². The van der Waals surface area contributed by atoms with Crippen LogP contribution in [0.3, 0.4) is 0 Å². The lowest BCUT2D eigenvalue weighted by atomic mass is 9.94. The zero-order valence-corrected chi connectivity index (χ0v) is 15.5. The molecule has 0 N–H and O–H groups in total. The summed E-state index contributed by atoms with van der Waals surface area (Å²) in [4.78, 5) is 20.1. The van der Waals surface area contributed by atoms with Gasteiger partial charge in [-0.3, -0.25) is 9.36 Å². The number of hydrogen-bond donors (Lipinski definition) is 0. The standard InChI is InChI=1S/C18H18N2O2S2/c1-18(2)9-12-13(10-22-18)24-15-14(12)16(21)20(17(19-15)23-3)11-7-5-4-6-8-11/h4-8H,9-10H2,1-3H3. The smallest absolute Gasteiger partial charge is 0.267 e. The number of benzene rings is 1. The van der Waals surface area contributed by atoms with Crippen LogP contribution in [0.1, 0.15) is 24.3 Å². The van der Waals surface area contributed by atoms with Crippen molar-refractivity contribution in [3.8, 4) is 5.69 Å². The van der Waals surface area contributed by atoms with Crippen LogP contribution in [0.2, 0.25) is 0 Å². The minimum Gasteiger partial charge on any atom is -0.370 e. The van der Waals surface area contributed by atoms with Gasteiger partial charge in [-0.1, -0.05) is 30.0 Å². The Balaban J connectivity index is 2.04. The van der Waals surface area contributed by atoms with Crippen molar-refractivity contribution in [2.45, 2.75) is 37.6 Å². The number of thiophene rings is 1. The van der Waals surface area contributed by atoms with Crippen molar-refractivity contribution >= 4 is 33.3 Å². The lowest BCUT2D eigenvalue weighted by Crippen LogP contribution is -2.32. The van der Waals surface area contributed by atoms with Gasteiger partial charge in [-0.25, -0.2) is 4.98 Å². The van der Waals surface area contributed by atoms with Gasteiger partial charge in [0.05, 0.1) is 23.3 Å². The number of rotatable bonds is 2. The molecule has 0 atom stereocenters. The summed E-state index contributed by atoms with van der Waals surface area (Å²) in [6.07, 6.45) is 2.69. The van der Waals surface area contributed by atoms with E-state index in [1.807, 2.05) is 36.6 Å². The van der Waals surface area contributed by atoms with Crippen molar-refractivity contribution in [3.63, 3.8) is 0 Å². The predicted molar refractivity (Wildman–Crippen MR) is 99.6 cm³/mol. The molecular formula is C18H18N2O2S2. The quantitative estimate of drug-likeness (QED) is 0.513. The summed E-state index contributed by atoms with van der Waals surface area (Å²) in [6, 6.07) is 9.72. The number of nitrogens with zero attached hydrogens (tertiary/aromatic N) is 2. The second-order valence-electron chi connectivity index (χ2n) is 6.48. The molecule has 3 aromatic rings. The van der Waals surface area contributed by atoms with Crippen molar-refractivity contribution in [2.75, 3.05) is 6.26 Å². The Labute approximate surface area is 148 Å². The Hall–Kier alpha value is -1.63. The average Bonchev–Trinajstić information content (AvgIpc) is 2.92. The van der Waals surface area contributed by atoms with Crippen LogP contribution in [0, 0.1) is 0 Å². The summed E-state index contributed by atoms with van der Waals surface area (Å²) in [5.74, 6) is 0. The number of thioether (sulfide) groups is 1. The molecule has 0 bridgehead atoms. The summed E-state index contributed by atoms with van der Waals surface area (Å²) >= 11 is 3.08. The number of para-hydroxylation sites is 1. The summed E-state index contributed by atoms with van der Waals surface area (Å²) in [5, 5.41) is 1.48. The van der Waals surface area contributed by atoms with Gasteiger partial charge in [-0.15, -0.1) is 11.3 Å². The Morgan fingerprint density at radius 3 is 2.75 bits per heavy atom. The highest BCUT2D eigenvalue weighted by atomic mass is 32.2. The first kappa shape index (κ1) is 15.9. The van der Waals surface area contributed by atoms with Crippen molar-refractivity contribution in [2.24, 2.45) is 0 Å². The van der Waals surface area contributed by atoms with Crippen molar-refractivity contribution in [3.05, 3.63) is 51.1 Å². The summed E-state index contributed by atoms with van der Waals surface area (Å²) in [7, 11) is 0. The summed E-state index contributed by atoms with van der Waals surface area (Å²) < 4.78 is 7.63. The molecule has 0 amide bonds. The molecule has 4 nitrogen and oxygen atoms in total. The van der Waals surface area contributed by atoms with E-state index in [0.717, 1.165) is 37.9 Å². The normalized spacial score (nSPS) is 16.3. The molecule has 6 heteroatoms. The molecule has 0 fully saturated rings. The molecule has 3 heterocycles. The van der Waals surface area contributed by atoms with Gasteiger partial charge >= 0.3 is 0 Å². The third-order valence-electron chi connectivity index (χ3n) is 4.27. The average molecular weight is 358 g/mol. The third kappa shape index (κ3) is 2.49. The first-order chi connectivity index (χ1) is 11.5. The van der Waals surface area contributed by atoms with Crippen molar-refractivity contribution in [1.29, 1.82) is 0 Å². The lowest BCUT2D eigenvalue weighted by molar-refractivity contribution is -0.0379. The molecule has 0 aliphatic carbocycles. The first-order valence-electron chi connectivity index (χ1n) is 7.81. The highest BCUT2D eigenvalue weighted by molar-refractivity contribution is 7.98. The van der Waals surface area contributed by atoms with E-state index in [-0.39, 0.29) is 11.2 Å². The molecule has 1 aliphatic rings. The number of aromatic nitrogens is 2. The molecule has 0 spiro atoms. The fourth-order valence-electron chi connectivity index (χ4n) is 3.12. The molecule has 2 aromatic heterocycles. The maximum Gasteiger partial charge on any atom is 0.267 e. The summed E-state index contributed by atoms with van der Waals surface area (Å²) in [6.45, 7) is 4.69. The van der Waals surface area contributed by atoms with Crippen LogP contribution in [0.5, 0.6) is 0 Å². The molecule has 4 rings (SSSR count). The Morgan fingerprint density at radius 1 is 1.29 bits per heavy atom. The fraction of sp³-hybridized carbons (Fsp3) is 0.333. The first-order valence-corrected chi connectivity index (χ1v) is 9.85. The largest absolute Gasteiger partial charge is 0.370 e. The van der Waals surface area contributed by atoms with Gasteiger partial charge in [0.25, 0.3) is 5.56 Å². The lowest BCUT2D eigenvalue weighted by Gasteiger charge is -2.29. The zero-order chi connectivity index (χ0) is 16.9. The van der Waals surface area contributed by atoms with Crippen LogP contribution in [0.25, 0.3) is 15.9 Å². The molecule has 0 unspecified atom stereocenters. The second-order valence-corrected chi connectivity index (χ2v) is 8.34. The Kier molecular flexibility index (Phi) is 3.78. The van der Waals surface area contributed by atoms with Gasteiger partial charge in [-0.05, 0) is 37.8 Å². The van der Waals surface area contributed by atoms with Gasteiger partial charge in [0, 0.05) is 11.3 Å². The van der Waals surface area contributed by atoms with Crippen molar-refractivity contribution < 1.29 is 4.74 Å². The highest BCUT2D eigenvalue weighted by Crippen LogP contribution is 2.37. The molecule has 1 aliphatic heterocycles. The number of hydrogen-bond acceptors (Lipinski definition) is 5. The van der Waals surface area contributed by atoms with Crippen LogP contribution in [0.15, 0.2) is 40.3 Å². The maximum atomic E-state index is 13.3. The number of fused-ring (bicyclic) bond motifs is 3. The molecule has 1 aromatic carbocycles. The van der Waals surface area contributed by atoms with Gasteiger partial charge in [0.15, 0.2) is 5.16 Å². The van der Waals surface area contributed by atoms with Crippen LogP contribution < -0.4 is 5.56 Å². The monoisotopic (exact) mass is 358 g/mol. The van der Waals surface area contributed by atoms with E-state index in [9.17, 15) is 4.79 Å². The van der Waals surface area contributed by atoms with Crippen molar-refractivity contribution in [1.82, 2.24) is 9.55 Å². The molecule has 0 saturated carbocycles. The molecule has 24 heavy (non-hydrogen) atoms. The van der Waals surface area contributed by atoms with E-state index in [2.05, 4.69) is 13.8 Å². The van der Waals surface area contributed by atoms with E-state index in [1.165, 1.54) is 11.8 Å². The van der Waals surface area contributed by atoms with Crippen LogP contribution >= 0.6 is 23.1 Å². The summed E-state index contributed by atoms with van der Waals surface area (Å²) in [5.41, 5.74) is 1.74. The minimum atomic E-state index is -0.247. The predicted octanol–water partition coefficient (Wildman–Crippen LogP) is 4.02. The Bertz CT molecular complexity index is 974. The van der Waals surface area contributed by atoms with E-state index in [4.69, 9.17) is 9.72 Å².